The van der Waals surface area contributed by atoms with Crippen LogP contribution in [0, 0.1) is 21.8 Å². The van der Waals surface area contributed by atoms with E-state index < -0.39 is 10.7 Å². The first-order chi connectivity index (χ1) is 24.0. The SMILES string of the molecule is CC1=NC([N+](=O)[O-])=C(CN(C)C(C)CC=CC(=O)Nc2cc3c(cn2)NC(C)N=C3Nc2ccc(OCc3ccccn3)c(F)c2)CCC1C. The normalized spacial score (nSPS) is 18.1. The molecular formula is C36H42FN9O4. The van der Waals surface area contributed by atoms with Crippen molar-refractivity contribution in [1.29, 1.82) is 0 Å². The molecule has 0 radical (unpaired) electrons. The van der Waals surface area contributed by atoms with E-state index in [4.69, 9.17) is 4.74 Å². The Morgan fingerprint density at radius 2 is 2.06 bits per heavy atom. The minimum atomic E-state index is -0.537. The van der Waals surface area contributed by atoms with E-state index in [1.807, 2.05) is 45.7 Å². The summed E-state index contributed by atoms with van der Waals surface area (Å²) < 4.78 is 20.5. The van der Waals surface area contributed by atoms with Crippen LogP contribution in [0.3, 0.4) is 0 Å². The van der Waals surface area contributed by atoms with Gasteiger partial charge < -0.3 is 30.8 Å². The van der Waals surface area contributed by atoms with E-state index in [0.717, 1.165) is 12.1 Å². The molecule has 262 valence electrons. The number of aromatic nitrogens is 2. The molecule has 0 fully saturated rings. The van der Waals surface area contributed by atoms with Crippen LogP contribution < -0.4 is 20.7 Å². The monoisotopic (exact) mass is 683 g/mol. The molecule has 14 heteroatoms. The maximum atomic E-state index is 14.9. The number of hydrogen-bond acceptors (Lipinski definition) is 11. The Labute approximate surface area is 290 Å². The van der Waals surface area contributed by atoms with E-state index in [1.165, 1.54) is 12.1 Å². The molecule has 0 bridgehead atoms. The number of hydrogen-bond donors (Lipinski definition) is 3. The lowest BCUT2D eigenvalue weighted by molar-refractivity contribution is -0.427. The van der Waals surface area contributed by atoms with Crippen molar-refractivity contribution in [2.45, 2.75) is 65.8 Å². The highest BCUT2D eigenvalue weighted by Crippen LogP contribution is 2.28. The minimum absolute atomic E-state index is 0.0106. The van der Waals surface area contributed by atoms with E-state index in [-0.39, 0.29) is 42.2 Å². The van der Waals surface area contributed by atoms with Gasteiger partial charge in [0.1, 0.15) is 30.1 Å². The van der Waals surface area contributed by atoms with Gasteiger partial charge in [-0.05, 0) is 93.4 Å². The molecule has 1 amide bonds. The Bertz CT molecular complexity index is 1840. The number of halogens is 1. The highest BCUT2D eigenvalue weighted by Gasteiger charge is 2.27. The highest BCUT2D eigenvalue weighted by molar-refractivity contribution is 6.13. The van der Waals surface area contributed by atoms with Crippen LogP contribution in [-0.2, 0) is 11.4 Å². The van der Waals surface area contributed by atoms with Crippen LogP contribution in [0.2, 0.25) is 0 Å². The minimum Gasteiger partial charge on any atom is -0.484 e. The number of amidine groups is 1. The Hall–Kier alpha value is -5.50. The number of likely N-dealkylation sites (N-methyl/N-ethyl adjacent to an activating group) is 1. The van der Waals surface area contributed by atoms with Crippen molar-refractivity contribution >= 4 is 34.6 Å². The zero-order chi connectivity index (χ0) is 35.8. The second-order valence-corrected chi connectivity index (χ2v) is 12.6. The highest BCUT2D eigenvalue weighted by atomic mass is 19.1. The van der Waals surface area contributed by atoms with Crippen molar-refractivity contribution in [3.8, 4) is 5.75 Å². The third-order valence-electron chi connectivity index (χ3n) is 8.70. The summed E-state index contributed by atoms with van der Waals surface area (Å²) in [7, 11) is 1.91. The van der Waals surface area contributed by atoms with Crippen molar-refractivity contribution in [2.75, 3.05) is 29.5 Å². The molecule has 3 aromatic rings. The first kappa shape index (κ1) is 35.8. The van der Waals surface area contributed by atoms with Crippen LogP contribution >= 0.6 is 0 Å². The van der Waals surface area contributed by atoms with Crippen molar-refractivity contribution in [1.82, 2.24) is 14.9 Å². The van der Waals surface area contributed by atoms with Gasteiger partial charge in [-0.1, -0.05) is 19.1 Å². The van der Waals surface area contributed by atoms with E-state index in [9.17, 15) is 19.3 Å². The molecule has 2 aliphatic rings. The molecule has 5 rings (SSSR count). The van der Waals surface area contributed by atoms with Crippen molar-refractivity contribution < 1.29 is 18.8 Å². The molecule has 4 heterocycles. The topological polar surface area (TPSA) is 159 Å². The number of benzene rings is 1. The zero-order valence-electron chi connectivity index (χ0n) is 28.8. The molecule has 0 saturated carbocycles. The summed E-state index contributed by atoms with van der Waals surface area (Å²) in [5, 5.41) is 20.9. The molecule has 13 nitrogen and oxygen atoms in total. The van der Waals surface area contributed by atoms with Crippen LogP contribution in [0.25, 0.3) is 0 Å². The summed E-state index contributed by atoms with van der Waals surface area (Å²) in [5.41, 5.74) is 4.00. The first-order valence-electron chi connectivity index (χ1n) is 16.5. The number of anilines is 3. The van der Waals surface area contributed by atoms with E-state index in [2.05, 4.69) is 35.9 Å². The second-order valence-electron chi connectivity index (χ2n) is 12.6. The fourth-order valence-electron chi connectivity index (χ4n) is 5.49. The number of ether oxygens (including phenoxy) is 1. The molecule has 0 saturated heterocycles. The lowest BCUT2D eigenvalue weighted by Gasteiger charge is -2.24. The van der Waals surface area contributed by atoms with Gasteiger partial charge in [0.25, 0.3) is 0 Å². The average Bonchev–Trinajstić information content (AvgIpc) is 3.22. The van der Waals surface area contributed by atoms with Crippen molar-refractivity contribution in [3.63, 3.8) is 0 Å². The van der Waals surface area contributed by atoms with Gasteiger partial charge in [0.2, 0.25) is 5.91 Å². The number of fused-ring (bicyclic) bond motifs is 1. The number of nitro groups is 1. The predicted octanol–water partition coefficient (Wildman–Crippen LogP) is 6.41. The molecule has 0 aliphatic carbocycles. The summed E-state index contributed by atoms with van der Waals surface area (Å²) in [4.78, 5) is 43.7. The quantitative estimate of drug-likeness (QED) is 0.111. The first-order valence-corrected chi connectivity index (χ1v) is 16.5. The lowest BCUT2D eigenvalue weighted by atomic mass is 9.98. The zero-order valence-corrected chi connectivity index (χ0v) is 28.8. The summed E-state index contributed by atoms with van der Waals surface area (Å²) in [6.07, 6.45) is 8.19. The fraction of sp³-hybridized carbons (Fsp3) is 0.361. The Kier molecular flexibility index (Phi) is 11.6. The van der Waals surface area contributed by atoms with E-state index in [1.54, 1.807) is 48.8 Å². The Morgan fingerprint density at radius 3 is 2.80 bits per heavy atom. The standard InChI is InChI=1S/C36H42FN9O4/c1-22-12-13-26(36(46(48)49)40-24(22)3)20-45(5)23(2)9-8-11-34(47)44-33-18-29-31(19-39-33)41-25(4)42-35(29)43-27-14-15-32(30(37)17-27)50-21-28-10-6-7-16-38-28/h6-8,10-11,14-19,22-23,25,41H,9,12-13,20-21H2,1-5H3,(H,42,43)(H,39,44,47). The van der Waals surface area contributed by atoms with Gasteiger partial charge in [0.05, 0.1) is 17.6 Å². The molecule has 3 atom stereocenters. The third kappa shape index (κ3) is 9.35. The van der Waals surface area contributed by atoms with Gasteiger partial charge in [-0.3, -0.25) is 14.7 Å². The number of nitrogens with one attached hydrogen (secondary N) is 3. The summed E-state index contributed by atoms with van der Waals surface area (Å²) in [6.45, 7) is 8.31. The second kappa shape index (κ2) is 16.3. The van der Waals surface area contributed by atoms with Crippen molar-refractivity contribution in [2.24, 2.45) is 15.9 Å². The molecule has 2 aliphatic heterocycles. The average molecular weight is 684 g/mol. The van der Waals surface area contributed by atoms with E-state index >= 15 is 0 Å². The van der Waals surface area contributed by atoms with E-state index in [0.29, 0.717) is 59.2 Å². The van der Waals surface area contributed by atoms with Gasteiger partial charge in [0.15, 0.2) is 11.6 Å². The number of nitrogens with zero attached hydrogens (tertiary/aromatic N) is 6. The number of rotatable bonds is 12. The molecule has 0 spiro atoms. The van der Waals surface area contributed by atoms with Crippen LogP contribution in [0.15, 0.2) is 88.4 Å². The number of amides is 1. The summed E-state index contributed by atoms with van der Waals surface area (Å²) in [5.74, 6) is 0.140. The fourth-order valence-corrected chi connectivity index (χ4v) is 5.49. The molecule has 50 heavy (non-hydrogen) atoms. The van der Waals surface area contributed by atoms with Crippen molar-refractivity contribution in [3.05, 3.63) is 106 Å². The maximum absolute atomic E-state index is 14.9. The van der Waals surface area contributed by atoms with Crippen LogP contribution in [0.5, 0.6) is 5.75 Å². The summed E-state index contributed by atoms with van der Waals surface area (Å²) in [6, 6.07) is 11.7. The van der Waals surface area contributed by atoms with Crippen LogP contribution in [0.4, 0.5) is 21.6 Å². The molecule has 3 N–H and O–H groups in total. The number of carbonyl (C=O) groups is 1. The van der Waals surface area contributed by atoms with Gasteiger partial charge in [0, 0.05) is 47.6 Å². The van der Waals surface area contributed by atoms with Crippen LogP contribution in [0.1, 0.15) is 58.2 Å². The molecule has 2 aromatic heterocycles. The number of pyridine rings is 2. The van der Waals surface area contributed by atoms with Gasteiger partial charge in [-0.2, -0.15) is 0 Å². The van der Waals surface area contributed by atoms with Gasteiger partial charge >= 0.3 is 5.82 Å². The predicted molar refractivity (Wildman–Crippen MR) is 192 cm³/mol. The Morgan fingerprint density at radius 1 is 1.24 bits per heavy atom. The smallest absolute Gasteiger partial charge is 0.363 e. The molecule has 3 unspecified atom stereocenters. The van der Waals surface area contributed by atoms with Gasteiger partial charge in [-0.15, -0.1) is 0 Å². The largest absolute Gasteiger partial charge is 0.484 e. The third-order valence-corrected chi connectivity index (χ3v) is 8.70. The maximum Gasteiger partial charge on any atom is 0.363 e. The number of carbonyl (C=O) groups excluding carboxylic acids is 1. The summed E-state index contributed by atoms with van der Waals surface area (Å²) >= 11 is 0. The van der Waals surface area contributed by atoms with Gasteiger partial charge in [-0.25, -0.2) is 14.4 Å². The number of aliphatic imine (C=N–C) groups is 2. The molecular weight excluding hydrogens is 641 g/mol. The molecule has 1 aromatic carbocycles. The van der Waals surface area contributed by atoms with Crippen LogP contribution in [-0.4, -0.2) is 63.0 Å². The Balaban J connectivity index is 1.18. The lowest BCUT2D eigenvalue weighted by Crippen LogP contribution is -2.31.